The topological polar surface area (TPSA) is 55.0 Å². The fraction of sp³-hybridized carbons (Fsp3) is 0.556. The highest BCUT2D eigenvalue weighted by molar-refractivity contribution is 5.20. The first kappa shape index (κ1) is 8.44. The largest absolute Gasteiger partial charge is 0.381 e. The van der Waals surface area contributed by atoms with Crippen LogP contribution in [0.3, 0.4) is 0 Å². The van der Waals surface area contributed by atoms with Gasteiger partial charge in [-0.2, -0.15) is 5.10 Å². The second-order valence-electron chi connectivity index (χ2n) is 3.36. The molecule has 0 saturated carbocycles. The van der Waals surface area contributed by atoms with E-state index >= 15 is 0 Å². The van der Waals surface area contributed by atoms with E-state index in [2.05, 4.69) is 10.2 Å². The molecular weight excluding hydrogens is 168 g/mol. The van der Waals surface area contributed by atoms with Gasteiger partial charge in [0.1, 0.15) is 0 Å². The molecule has 1 fully saturated rings. The number of hydrogen-bond donors (Lipinski definition) is 1. The fourth-order valence-electron chi connectivity index (χ4n) is 1.67. The molecule has 1 aliphatic rings. The number of nitrogens with one attached hydrogen (secondary N) is 1. The summed E-state index contributed by atoms with van der Waals surface area (Å²) >= 11 is 0. The van der Waals surface area contributed by atoms with Gasteiger partial charge in [0.15, 0.2) is 0 Å². The Kier molecular flexibility index (Phi) is 2.14. The smallest absolute Gasteiger partial charge is 0.264 e. The van der Waals surface area contributed by atoms with Crippen LogP contribution in [0.15, 0.2) is 10.9 Å². The van der Waals surface area contributed by atoms with Crippen LogP contribution in [0.4, 0.5) is 0 Å². The summed E-state index contributed by atoms with van der Waals surface area (Å²) in [5, 5.41) is 6.50. The molecule has 1 atom stereocenters. The van der Waals surface area contributed by atoms with Gasteiger partial charge in [0.25, 0.3) is 5.56 Å². The third-order valence-corrected chi connectivity index (χ3v) is 2.35. The van der Waals surface area contributed by atoms with Crippen LogP contribution >= 0.6 is 0 Å². The van der Waals surface area contributed by atoms with Crippen molar-refractivity contribution in [1.82, 2.24) is 10.2 Å². The van der Waals surface area contributed by atoms with E-state index in [4.69, 9.17) is 4.74 Å². The van der Waals surface area contributed by atoms with Gasteiger partial charge in [0.2, 0.25) is 0 Å². The van der Waals surface area contributed by atoms with Gasteiger partial charge in [-0.3, -0.25) is 4.79 Å². The summed E-state index contributed by atoms with van der Waals surface area (Å²) in [6.45, 7) is 3.43. The van der Waals surface area contributed by atoms with E-state index in [1.807, 2.05) is 6.92 Å². The van der Waals surface area contributed by atoms with Crippen molar-refractivity contribution < 1.29 is 4.74 Å². The summed E-state index contributed by atoms with van der Waals surface area (Å²) in [6.07, 6.45) is 1.000. The summed E-state index contributed by atoms with van der Waals surface area (Å²) in [5.41, 5.74) is 1.79. The van der Waals surface area contributed by atoms with E-state index in [0.717, 1.165) is 30.9 Å². The zero-order valence-corrected chi connectivity index (χ0v) is 7.54. The molecule has 0 radical (unpaired) electrons. The van der Waals surface area contributed by atoms with Gasteiger partial charge in [-0.1, -0.05) is 0 Å². The fourth-order valence-corrected chi connectivity index (χ4v) is 1.67. The zero-order valence-electron chi connectivity index (χ0n) is 7.54. The monoisotopic (exact) mass is 180 g/mol. The Labute approximate surface area is 75.9 Å². The highest BCUT2D eigenvalue weighted by atomic mass is 16.5. The Morgan fingerprint density at radius 3 is 3.15 bits per heavy atom. The lowest BCUT2D eigenvalue weighted by atomic mass is 10.0. The first-order chi connectivity index (χ1) is 6.27. The first-order valence-corrected chi connectivity index (χ1v) is 4.41. The normalized spacial score (nSPS) is 22.1. The van der Waals surface area contributed by atoms with Gasteiger partial charge in [0, 0.05) is 18.6 Å². The molecule has 0 aromatic carbocycles. The minimum atomic E-state index is -0.139. The first-order valence-electron chi connectivity index (χ1n) is 4.41. The molecule has 2 heterocycles. The minimum Gasteiger partial charge on any atom is -0.381 e. The molecule has 1 aromatic rings. The number of aromatic nitrogens is 2. The standard InChI is InChI=1S/C9H12N2O2/c1-6-4-8(12)10-11-9(6)7-2-3-13-5-7/h4,7H,2-3,5H2,1H3,(H,10,12). The van der Waals surface area contributed by atoms with E-state index in [0.29, 0.717) is 5.92 Å². The molecule has 1 N–H and O–H groups in total. The number of hydrogen-bond acceptors (Lipinski definition) is 3. The molecule has 2 rings (SSSR count). The van der Waals surface area contributed by atoms with Crippen molar-refractivity contribution in [2.45, 2.75) is 19.3 Å². The van der Waals surface area contributed by atoms with Crippen molar-refractivity contribution in [1.29, 1.82) is 0 Å². The lowest BCUT2D eigenvalue weighted by Crippen LogP contribution is -2.13. The Bertz CT molecular complexity index is 353. The molecule has 0 aliphatic carbocycles. The SMILES string of the molecule is Cc1cc(=O)[nH]nc1C1CCOC1. The van der Waals surface area contributed by atoms with E-state index in [9.17, 15) is 4.79 Å². The van der Waals surface area contributed by atoms with Gasteiger partial charge < -0.3 is 4.74 Å². The van der Waals surface area contributed by atoms with Gasteiger partial charge in [-0.15, -0.1) is 0 Å². The summed E-state index contributed by atoms with van der Waals surface area (Å²) in [5.74, 6) is 0.358. The summed E-state index contributed by atoms with van der Waals surface area (Å²) in [6, 6.07) is 1.58. The molecule has 1 unspecified atom stereocenters. The number of rotatable bonds is 1. The van der Waals surface area contributed by atoms with Crippen molar-refractivity contribution in [2.24, 2.45) is 0 Å². The van der Waals surface area contributed by atoms with Crippen molar-refractivity contribution >= 4 is 0 Å². The molecule has 1 aromatic heterocycles. The Hall–Kier alpha value is -1.16. The molecular formula is C9H12N2O2. The zero-order chi connectivity index (χ0) is 9.26. The van der Waals surface area contributed by atoms with Crippen LogP contribution < -0.4 is 5.56 Å². The second kappa shape index (κ2) is 3.30. The average molecular weight is 180 g/mol. The highest BCUT2D eigenvalue weighted by Crippen LogP contribution is 2.24. The molecule has 0 bridgehead atoms. The maximum absolute atomic E-state index is 10.9. The molecule has 4 heteroatoms. The van der Waals surface area contributed by atoms with Crippen LogP contribution in [0.25, 0.3) is 0 Å². The molecule has 0 spiro atoms. The number of ether oxygens (including phenoxy) is 1. The predicted octanol–water partition coefficient (Wildman–Crippen LogP) is 0.582. The third-order valence-electron chi connectivity index (χ3n) is 2.35. The number of nitrogens with zero attached hydrogens (tertiary/aromatic N) is 1. The summed E-state index contributed by atoms with van der Waals surface area (Å²) < 4.78 is 5.26. The second-order valence-corrected chi connectivity index (χ2v) is 3.36. The third kappa shape index (κ3) is 1.62. The molecule has 4 nitrogen and oxygen atoms in total. The van der Waals surface area contributed by atoms with Gasteiger partial charge in [-0.25, -0.2) is 5.10 Å². The Morgan fingerprint density at radius 1 is 1.69 bits per heavy atom. The number of aromatic amines is 1. The predicted molar refractivity (Wildman–Crippen MR) is 47.8 cm³/mol. The van der Waals surface area contributed by atoms with Crippen LogP contribution in [0, 0.1) is 6.92 Å². The van der Waals surface area contributed by atoms with Gasteiger partial charge in [-0.05, 0) is 18.9 Å². The Morgan fingerprint density at radius 2 is 2.54 bits per heavy atom. The van der Waals surface area contributed by atoms with Gasteiger partial charge >= 0.3 is 0 Å². The van der Waals surface area contributed by atoms with Crippen molar-refractivity contribution in [3.8, 4) is 0 Å². The average Bonchev–Trinajstić information content (AvgIpc) is 2.56. The van der Waals surface area contributed by atoms with Crippen molar-refractivity contribution in [2.75, 3.05) is 13.2 Å². The van der Waals surface area contributed by atoms with Gasteiger partial charge in [0.05, 0.1) is 12.3 Å². The molecule has 70 valence electrons. The number of H-pyrrole nitrogens is 1. The summed E-state index contributed by atoms with van der Waals surface area (Å²) in [7, 11) is 0. The van der Waals surface area contributed by atoms with Crippen LogP contribution in [0.1, 0.15) is 23.6 Å². The van der Waals surface area contributed by atoms with Crippen LogP contribution in [0.2, 0.25) is 0 Å². The van der Waals surface area contributed by atoms with Crippen LogP contribution in [-0.4, -0.2) is 23.4 Å². The van der Waals surface area contributed by atoms with E-state index in [-0.39, 0.29) is 5.56 Å². The Balaban J connectivity index is 2.34. The van der Waals surface area contributed by atoms with Crippen LogP contribution in [-0.2, 0) is 4.74 Å². The maximum atomic E-state index is 10.9. The van der Waals surface area contributed by atoms with E-state index < -0.39 is 0 Å². The molecule has 1 saturated heterocycles. The maximum Gasteiger partial charge on any atom is 0.264 e. The lowest BCUT2D eigenvalue weighted by Gasteiger charge is -2.08. The van der Waals surface area contributed by atoms with Crippen molar-refractivity contribution in [3.05, 3.63) is 27.7 Å². The van der Waals surface area contributed by atoms with E-state index in [1.165, 1.54) is 0 Å². The molecule has 13 heavy (non-hydrogen) atoms. The highest BCUT2D eigenvalue weighted by Gasteiger charge is 2.20. The summed E-state index contributed by atoms with van der Waals surface area (Å²) in [4.78, 5) is 10.9. The van der Waals surface area contributed by atoms with Crippen molar-refractivity contribution in [3.63, 3.8) is 0 Å². The lowest BCUT2D eigenvalue weighted by molar-refractivity contribution is 0.193. The quantitative estimate of drug-likeness (QED) is 0.687. The minimum absolute atomic E-state index is 0.139. The van der Waals surface area contributed by atoms with E-state index in [1.54, 1.807) is 6.07 Å². The number of aryl methyl sites for hydroxylation is 1. The van der Waals surface area contributed by atoms with Crippen LogP contribution in [0.5, 0.6) is 0 Å². The molecule has 0 amide bonds. The molecule has 1 aliphatic heterocycles.